The lowest BCUT2D eigenvalue weighted by Gasteiger charge is -2.07. The van der Waals surface area contributed by atoms with E-state index in [9.17, 15) is 13.6 Å². The molecule has 0 spiro atoms. The number of aromatic nitrogens is 5. The minimum absolute atomic E-state index is 0.0329. The van der Waals surface area contributed by atoms with E-state index in [0.717, 1.165) is 4.52 Å². The molecule has 0 aliphatic heterocycles. The van der Waals surface area contributed by atoms with Crippen molar-refractivity contribution in [2.75, 3.05) is 6.61 Å². The molecule has 0 atom stereocenters. The zero-order valence-corrected chi connectivity index (χ0v) is 13.1. The van der Waals surface area contributed by atoms with Gasteiger partial charge in [-0.25, -0.2) is 23.1 Å². The van der Waals surface area contributed by atoms with Crippen LogP contribution in [0.4, 0.5) is 8.78 Å². The van der Waals surface area contributed by atoms with Crippen molar-refractivity contribution in [3.05, 3.63) is 35.9 Å². The molecular formula is C15H15F2N5O2. The molecule has 0 saturated carbocycles. The number of hydrogen-bond acceptors (Lipinski definition) is 5. The van der Waals surface area contributed by atoms with Crippen LogP contribution in [0.2, 0.25) is 0 Å². The van der Waals surface area contributed by atoms with Gasteiger partial charge in [-0.3, -0.25) is 4.68 Å². The van der Waals surface area contributed by atoms with Crippen LogP contribution < -0.4 is 0 Å². The van der Waals surface area contributed by atoms with Crippen molar-refractivity contribution < 1.29 is 18.3 Å². The van der Waals surface area contributed by atoms with Gasteiger partial charge in [0.15, 0.2) is 5.65 Å². The predicted molar refractivity (Wildman–Crippen MR) is 80.8 cm³/mol. The Balaban J connectivity index is 2.20. The van der Waals surface area contributed by atoms with Gasteiger partial charge >= 0.3 is 5.97 Å². The first-order chi connectivity index (χ1) is 11.5. The Morgan fingerprint density at radius 1 is 1.29 bits per heavy atom. The molecule has 0 aliphatic rings. The molecule has 24 heavy (non-hydrogen) atoms. The third-order valence-electron chi connectivity index (χ3n) is 3.47. The van der Waals surface area contributed by atoms with Crippen LogP contribution in [0.1, 0.15) is 36.3 Å². The van der Waals surface area contributed by atoms with Crippen LogP contribution in [0.25, 0.3) is 16.9 Å². The SMILES string of the molecule is CCOC(=O)c1cnn2c(C(F)F)cc(-c3cnn(CC)c3)nc12. The molecule has 0 saturated heterocycles. The van der Waals surface area contributed by atoms with Crippen molar-refractivity contribution in [2.45, 2.75) is 26.8 Å². The summed E-state index contributed by atoms with van der Waals surface area (Å²) in [6.07, 6.45) is 1.66. The van der Waals surface area contributed by atoms with Gasteiger partial charge in [0.05, 0.1) is 24.7 Å². The van der Waals surface area contributed by atoms with Crippen molar-refractivity contribution in [3.63, 3.8) is 0 Å². The Morgan fingerprint density at radius 3 is 2.71 bits per heavy atom. The van der Waals surface area contributed by atoms with Crippen LogP contribution in [0.3, 0.4) is 0 Å². The summed E-state index contributed by atoms with van der Waals surface area (Å²) in [6.45, 7) is 4.38. The monoisotopic (exact) mass is 335 g/mol. The maximum absolute atomic E-state index is 13.4. The molecule has 0 radical (unpaired) electrons. The second kappa shape index (κ2) is 6.34. The number of carbonyl (C=O) groups excluding carboxylic acids is 1. The Labute approximate surface area is 135 Å². The molecule has 0 amide bonds. The number of fused-ring (bicyclic) bond motifs is 1. The highest BCUT2D eigenvalue weighted by molar-refractivity contribution is 5.95. The van der Waals surface area contributed by atoms with Crippen LogP contribution in [-0.2, 0) is 11.3 Å². The van der Waals surface area contributed by atoms with Crippen LogP contribution in [0.15, 0.2) is 24.7 Å². The summed E-state index contributed by atoms with van der Waals surface area (Å²) in [6, 6.07) is 1.25. The molecule has 3 heterocycles. The van der Waals surface area contributed by atoms with E-state index in [-0.39, 0.29) is 23.5 Å². The van der Waals surface area contributed by atoms with Crippen molar-refractivity contribution in [1.82, 2.24) is 24.4 Å². The fourth-order valence-electron chi connectivity index (χ4n) is 2.31. The van der Waals surface area contributed by atoms with Crippen molar-refractivity contribution in [2.24, 2.45) is 0 Å². The Hall–Kier alpha value is -2.84. The van der Waals surface area contributed by atoms with Gasteiger partial charge in [-0.1, -0.05) is 0 Å². The Kier molecular flexibility index (Phi) is 4.24. The first-order valence-corrected chi connectivity index (χ1v) is 7.41. The van der Waals surface area contributed by atoms with E-state index in [0.29, 0.717) is 17.8 Å². The predicted octanol–water partition coefficient (Wildman–Crippen LogP) is 2.73. The van der Waals surface area contributed by atoms with E-state index in [1.54, 1.807) is 17.8 Å². The van der Waals surface area contributed by atoms with Gasteiger partial charge < -0.3 is 4.74 Å². The molecule has 3 rings (SSSR count). The normalized spacial score (nSPS) is 11.4. The zero-order valence-electron chi connectivity index (χ0n) is 13.1. The number of halogens is 2. The van der Waals surface area contributed by atoms with Gasteiger partial charge in [0.1, 0.15) is 11.3 Å². The van der Waals surface area contributed by atoms with E-state index >= 15 is 0 Å². The molecule has 3 aromatic heterocycles. The summed E-state index contributed by atoms with van der Waals surface area (Å²) in [5.74, 6) is -0.651. The third-order valence-corrected chi connectivity index (χ3v) is 3.47. The molecule has 7 nitrogen and oxygen atoms in total. The molecule has 0 unspecified atom stereocenters. The van der Waals surface area contributed by atoms with Crippen LogP contribution in [0.5, 0.6) is 0 Å². The van der Waals surface area contributed by atoms with Gasteiger partial charge in [-0.2, -0.15) is 10.2 Å². The van der Waals surface area contributed by atoms with Gasteiger partial charge in [-0.05, 0) is 19.9 Å². The average Bonchev–Trinajstić information content (AvgIpc) is 3.20. The number of carbonyl (C=O) groups is 1. The Bertz CT molecular complexity index is 887. The van der Waals surface area contributed by atoms with Crippen LogP contribution in [-0.4, -0.2) is 37.0 Å². The third kappa shape index (κ3) is 2.72. The number of ether oxygens (including phenoxy) is 1. The fourth-order valence-corrected chi connectivity index (χ4v) is 2.31. The summed E-state index contributed by atoms with van der Waals surface area (Å²) >= 11 is 0. The largest absolute Gasteiger partial charge is 0.462 e. The summed E-state index contributed by atoms with van der Waals surface area (Å²) in [5.41, 5.74) is 0.601. The summed E-state index contributed by atoms with van der Waals surface area (Å²) in [5, 5.41) is 7.97. The lowest BCUT2D eigenvalue weighted by molar-refractivity contribution is 0.0528. The topological polar surface area (TPSA) is 74.3 Å². The molecule has 0 fully saturated rings. The summed E-state index contributed by atoms with van der Waals surface area (Å²) in [4.78, 5) is 16.3. The molecule has 9 heteroatoms. The van der Waals surface area contributed by atoms with Crippen molar-refractivity contribution in [3.8, 4) is 11.3 Å². The van der Waals surface area contributed by atoms with E-state index < -0.39 is 12.4 Å². The molecular weight excluding hydrogens is 320 g/mol. The lowest BCUT2D eigenvalue weighted by Crippen LogP contribution is -2.07. The highest BCUT2D eigenvalue weighted by Crippen LogP contribution is 2.26. The molecule has 0 N–H and O–H groups in total. The molecule has 126 valence electrons. The van der Waals surface area contributed by atoms with Gasteiger partial charge in [0.25, 0.3) is 6.43 Å². The second-order valence-electron chi connectivity index (χ2n) is 4.97. The molecule has 0 aliphatic carbocycles. The number of esters is 1. The standard InChI is InChI=1S/C15H15F2N5O2/c1-3-21-8-9(6-18-21)11-5-12(13(16)17)22-14(20-11)10(7-19-22)15(23)24-4-2/h5-8,13H,3-4H2,1-2H3. The second-order valence-corrected chi connectivity index (χ2v) is 4.97. The number of rotatable bonds is 5. The van der Waals surface area contributed by atoms with Crippen LogP contribution >= 0.6 is 0 Å². The number of nitrogens with zero attached hydrogens (tertiary/aromatic N) is 5. The van der Waals surface area contributed by atoms with E-state index in [1.807, 2.05) is 6.92 Å². The van der Waals surface area contributed by atoms with Gasteiger partial charge in [-0.15, -0.1) is 0 Å². The lowest BCUT2D eigenvalue weighted by atomic mass is 10.2. The fraction of sp³-hybridized carbons (Fsp3) is 0.333. The van der Waals surface area contributed by atoms with Gasteiger partial charge in [0.2, 0.25) is 0 Å². The minimum Gasteiger partial charge on any atom is -0.462 e. The van der Waals surface area contributed by atoms with Crippen LogP contribution in [0, 0.1) is 0 Å². The zero-order chi connectivity index (χ0) is 17.3. The first kappa shape index (κ1) is 16.0. The van der Waals surface area contributed by atoms with Gasteiger partial charge in [0, 0.05) is 18.3 Å². The van der Waals surface area contributed by atoms with Crippen molar-refractivity contribution >= 4 is 11.6 Å². The Morgan fingerprint density at radius 2 is 2.08 bits per heavy atom. The molecule has 3 aromatic rings. The maximum atomic E-state index is 13.4. The minimum atomic E-state index is -2.77. The molecule has 0 bridgehead atoms. The average molecular weight is 335 g/mol. The van der Waals surface area contributed by atoms with E-state index in [4.69, 9.17) is 4.74 Å². The smallest absolute Gasteiger partial charge is 0.343 e. The first-order valence-electron chi connectivity index (χ1n) is 7.41. The highest BCUT2D eigenvalue weighted by Gasteiger charge is 2.22. The number of alkyl halides is 2. The van der Waals surface area contributed by atoms with E-state index in [1.165, 1.54) is 18.5 Å². The summed E-state index contributed by atoms with van der Waals surface area (Å²) in [7, 11) is 0. The number of hydrogen-bond donors (Lipinski definition) is 0. The van der Waals surface area contributed by atoms with E-state index in [2.05, 4.69) is 15.2 Å². The highest BCUT2D eigenvalue weighted by atomic mass is 19.3. The number of aryl methyl sites for hydroxylation is 1. The van der Waals surface area contributed by atoms with Crippen molar-refractivity contribution in [1.29, 1.82) is 0 Å². The summed E-state index contributed by atoms with van der Waals surface area (Å²) < 4.78 is 34.3. The maximum Gasteiger partial charge on any atom is 0.343 e. The molecule has 0 aromatic carbocycles. The quantitative estimate of drug-likeness (QED) is 0.670.